The van der Waals surface area contributed by atoms with Crippen LogP contribution in [-0.2, 0) is 0 Å². The molecule has 1 aromatic carbocycles. The molecule has 1 fully saturated rings. The SMILES string of the molecule is NC1=NCC2(CCNCC2)N1c1cccc(F)c1. The van der Waals surface area contributed by atoms with Crippen LogP contribution >= 0.6 is 0 Å². The molecule has 18 heavy (non-hydrogen) atoms. The normalized spacial score (nSPS) is 22.3. The zero-order valence-corrected chi connectivity index (χ0v) is 10.2. The molecular weight excluding hydrogens is 231 g/mol. The van der Waals surface area contributed by atoms with Gasteiger partial charge in [-0.1, -0.05) is 6.07 Å². The Labute approximate surface area is 106 Å². The van der Waals surface area contributed by atoms with E-state index in [4.69, 9.17) is 5.73 Å². The minimum Gasteiger partial charge on any atom is -0.369 e. The van der Waals surface area contributed by atoms with E-state index in [1.165, 1.54) is 12.1 Å². The molecule has 1 aromatic rings. The molecule has 0 unspecified atom stereocenters. The number of nitrogens with two attached hydrogens (primary N) is 1. The molecule has 0 aromatic heterocycles. The first-order valence-corrected chi connectivity index (χ1v) is 6.28. The van der Waals surface area contributed by atoms with E-state index in [9.17, 15) is 4.39 Å². The molecule has 4 nitrogen and oxygen atoms in total. The van der Waals surface area contributed by atoms with Crippen LogP contribution in [0.2, 0.25) is 0 Å². The summed E-state index contributed by atoms with van der Waals surface area (Å²) in [5, 5.41) is 3.34. The lowest BCUT2D eigenvalue weighted by molar-refractivity contribution is 0.332. The second kappa shape index (κ2) is 4.24. The van der Waals surface area contributed by atoms with Gasteiger partial charge in [-0.05, 0) is 44.1 Å². The van der Waals surface area contributed by atoms with E-state index < -0.39 is 0 Å². The van der Waals surface area contributed by atoms with Crippen LogP contribution in [0.4, 0.5) is 10.1 Å². The Kier molecular flexibility index (Phi) is 2.70. The molecule has 0 aliphatic carbocycles. The summed E-state index contributed by atoms with van der Waals surface area (Å²) in [5.41, 5.74) is 6.73. The van der Waals surface area contributed by atoms with E-state index in [1.807, 2.05) is 11.0 Å². The van der Waals surface area contributed by atoms with Gasteiger partial charge in [-0.15, -0.1) is 0 Å². The fourth-order valence-corrected chi connectivity index (χ4v) is 2.91. The van der Waals surface area contributed by atoms with Crippen molar-refractivity contribution in [2.45, 2.75) is 18.4 Å². The molecule has 5 heteroatoms. The lowest BCUT2D eigenvalue weighted by Gasteiger charge is -2.42. The first-order chi connectivity index (χ1) is 8.71. The number of rotatable bonds is 1. The van der Waals surface area contributed by atoms with Gasteiger partial charge in [-0.25, -0.2) is 4.39 Å². The number of piperidine rings is 1. The Morgan fingerprint density at radius 2 is 2.11 bits per heavy atom. The minimum atomic E-state index is -0.240. The largest absolute Gasteiger partial charge is 0.369 e. The summed E-state index contributed by atoms with van der Waals surface area (Å²) in [5.74, 6) is 0.263. The van der Waals surface area contributed by atoms with Crippen molar-refractivity contribution in [3.8, 4) is 0 Å². The molecule has 2 heterocycles. The quantitative estimate of drug-likeness (QED) is 0.782. The van der Waals surface area contributed by atoms with Crippen LogP contribution in [0.25, 0.3) is 0 Å². The summed E-state index contributed by atoms with van der Waals surface area (Å²) >= 11 is 0. The van der Waals surface area contributed by atoms with Crippen molar-refractivity contribution in [1.29, 1.82) is 0 Å². The number of anilines is 1. The van der Waals surface area contributed by atoms with Crippen LogP contribution in [0.15, 0.2) is 29.3 Å². The van der Waals surface area contributed by atoms with Crippen molar-refractivity contribution in [1.82, 2.24) is 5.32 Å². The fraction of sp³-hybridized carbons (Fsp3) is 0.462. The lowest BCUT2D eigenvalue weighted by Crippen LogP contribution is -2.57. The number of hydrogen-bond acceptors (Lipinski definition) is 4. The van der Waals surface area contributed by atoms with Gasteiger partial charge in [-0.3, -0.25) is 4.99 Å². The molecule has 2 aliphatic rings. The zero-order chi connectivity index (χ0) is 12.6. The first-order valence-electron chi connectivity index (χ1n) is 6.28. The standard InChI is InChI=1S/C13H17FN4/c14-10-2-1-3-11(8-10)18-12(15)17-9-13(18)4-6-16-7-5-13/h1-3,8,16H,4-7,9H2,(H2,15,17). The van der Waals surface area contributed by atoms with Gasteiger partial charge in [0.05, 0.1) is 12.1 Å². The molecule has 0 amide bonds. The summed E-state index contributed by atoms with van der Waals surface area (Å²) in [6.45, 7) is 2.61. The van der Waals surface area contributed by atoms with Gasteiger partial charge in [-0.2, -0.15) is 0 Å². The number of hydrogen-bond donors (Lipinski definition) is 2. The highest BCUT2D eigenvalue weighted by Gasteiger charge is 2.43. The topological polar surface area (TPSA) is 53.6 Å². The van der Waals surface area contributed by atoms with E-state index in [2.05, 4.69) is 10.3 Å². The average molecular weight is 248 g/mol. The van der Waals surface area contributed by atoms with E-state index in [0.717, 1.165) is 31.6 Å². The second-order valence-corrected chi connectivity index (χ2v) is 4.96. The average Bonchev–Trinajstić information content (AvgIpc) is 2.67. The van der Waals surface area contributed by atoms with Gasteiger partial charge in [0.2, 0.25) is 0 Å². The van der Waals surface area contributed by atoms with Gasteiger partial charge >= 0.3 is 0 Å². The Hall–Kier alpha value is -1.62. The van der Waals surface area contributed by atoms with Crippen molar-refractivity contribution in [3.63, 3.8) is 0 Å². The van der Waals surface area contributed by atoms with E-state index in [1.54, 1.807) is 6.07 Å². The van der Waals surface area contributed by atoms with Gasteiger partial charge in [0.25, 0.3) is 0 Å². The molecule has 0 atom stereocenters. The smallest absolute Gasteiger partial charge is 0.196 e. The number of benzene rings is 1. The van der Waals surface area contributed by atoms with Gasteiger partial charge in [0, 0.05) is 5.69 Å². The lowest BCUT2D eigenvalue weighted by atomic mass is 9.87. The van der Waals surface area contributed by atoms with Gasteiger partial charge in [0.1, 0.15) is 5.82 Å². The van der Waals surface area contributed by atoms with Crippen molar-refractivity contribution < 1.29 is 4.39 Å². The Balaban J connectivity index is 1.98. The monoisotopic (exact) mass is 248 g/mol. The van der Waals surface area contributed by atoms with Crippen LogP contribution in [0.1, 0.15) is 12.8 Å². The number of nitrogens with one attached hydrogen (secondary N) is 1. The Morgan fingerprint density at radius 1 is 1.33 bits per heavy atom. The van der Waals surface area contributed by atoms with Gasteiger partial charge < -0.3 is 16.0 Å². The molecule has 1 saturated heterocycles. The van der Waals surface area contributed by atoms with Crippen LogP contribution in [0.3, 0.4) is 0 Å². The third kappa shape index (κ3) is 1.75. The van der Waals surface area contributed by atoms with Crippen molar-refractivity contribution in [3.05, 3.63) is 30.1 Å². The molecule has 3 N–H and O–H groups in total. The summed E-state index contributed by atoms with van der Waals surface area (Å²) < 4.78 is 13.4. The first kappa shape index (κ1) is 11.5. The summed E-state index contributed by atoms with van der Waals surface area (Å²) in [6, 6.07) is 6.57. The number of halogens is 1. The summed E-state index contributed by atoms with van der Waals surface area (Å²) in [4.78, 5) is 6.38. The Bertz CT molecular complexity index is 480. The minimum absolute atomic E-state index is 0.0663. The maximum Gasteiger partial charge on any atom is 0.196 e. The molecule has 0 saturated carbocycles. The third-order valence-corrected chi connectivity index (χ3v) is 3.84. The van der Waals surface area contributed by atoms with Crippen LogP contribution in [0, 0.1) is 5.82 Å². The molecule has 96 valence electrons. The molecule has 0 radical (unpaired) electrons. The predicted octanol–water partition coefficient (Wildman–Crippen LogP) is 1.08. The maximum absolute atomic E-state index is 13.4. The molecular formula is C13H17FN4. The van der Waals surface area contributed by atoms with E-state index in [0.29, 0.717) is 12.5 Å². The van der Waals surface area contributed by atoms with Crippen molar-refractivity contribution in [2.75, 3.05) is 24.5 Å². The number of aliphatic imine (C=N–C) groups is 1. The predicted molar refractivity (Wildman–Crippen MR) is 70.2 cm³/mol. The van der Waals surface area contributed by atoms with Crippen LogP contribution < -0.4 is 16.0 Å². The summed E-state index contributed by atoms with van der Waals surface area (Å²) in [7, 11) is 0. The number of nitrogens with zero attached hydrogens (tertiary/aromatic N) is 2. The Morgan fingerprint density at radius 3 is 2.83 bits per heavy atom. The van der Waals surface area contributed by atoms with Crippen LogP contribution in [0.5, 0.6) is 0 Å². The molecule has 1 spiro atoms. The highest BCUT2D eigenvalue weighted by atomic mass is 19.1. The van der Waals surface area contributed by atoms with Crippen molar-refractivity contribution in [2.24, 2.45) is 10.7 Å². The summed E-state index contributed by atoms with van der Waals surface area (Å²) in [6.07, 6.45) is 1.96. The molecule has 3 rings (SSSR count). The zero-order valence-electron chi connectivity index (χ0n) is 10.2. The second-order valence-electron chi connectivity index (χ2n) is 4.96. The molecule has 0 bridgehead atoms. The van der Waals surface area contributed by atoms with Crippen molar-refractivity contribution >= 4 is 11.6 Å². The fourth-order valence-electron chi connectivity index (χ4n) is 2.91. The van der Waals surface area contributed by atoms with E-state index >= 15 is 0 Å². The molecule has 2 aliphatic heterocycles. The van der Waals surface area contributed by atoms with Gasteiger partial charge in [0.15, 0.2) is 5.96 Å². The maximum atomic E-state index is 13.4. The third-order valence-electron chi connectivity index (χ3n) is 3.84. The van der Waals surface area contributed by atoms with Crippen LogP contribution in [-0.4, -0.2) is 31.1 Å². The number of guanidine groups is 1. The van der Waals surface area contributed by atoms with E-state index in [-0.39, 0.29) is 11.4 Å². The highest BCUT2D eigenvalue weighted by molar-refractivity contribution is 5.98. The highest BCUT2D eigenvalue weighted by Crippen LogP contribution is 2.35.